The minimum Gasteiger partial charge on any atom is -0.497 e. The zero-order valence-electron chi connectivity index (χ0n) is 11.3. The SMILES string of the molecule is COc1ccc(NC(=O)COC(=O)c2sccc2N)cc1. The molecule has 0 radical (unpaired) electrons. The van der Waals surface area contributed by atoms with Crippen LogP contribution in [0.15, 0.2) is 35.7 Å². The van der Waals surface area contributed by atoms with E-state index in [1.54, 1.807) is 42.8 Å². The number of carbonyl (C=O) groups excluding carboxylic acids is 2. The molecule has 0 atom stereocenters. The molecule has 1 amide bonds. The molecule has 0 fully saturated rings. The lowest BCUT2D eigenvalue weighted by Gasteiger charge is -2.07. The average Bonchev–Trinajstić information content (AvgIpc) is 2.92. The van der Waals surface area contributed by atoms with Gasteiger partial charge in [-0.25, -0.2) is 4.79 Å². The van der Waals surface area contributed by atoms with Crippen molar-refractivity contribution in [1.29, 1.82) is 0 Å². The Kier molecular flexibility index (Phi) is 4.78. The third-order valence-electron chi connectivity index (χ3n) is 2.59. The molecule has 0 aliphatic carbocycles. The zero-order chi connectivity index (χ0) is 15.2. The Morgan fingerprint density at radius 3 is 2.52 bits per heavy atom. The first-order chi connectivity index (χ1) is 10.1. The van der Waals surface area contributed by atoms with E-state index in [9.17, 15) is 9.59 Å². The molecule has 1 heterocycles. The number of nitrogens with two attached hydrogens (primary N) is 1. The third-order valence-corrected chi connectivity index (χ3v) is 3.50. The van der Waals surface area contributed by atoms with Gasteiger partial charge in [0.1, 0.15) is 10.6 Å². The summed E-state index contributed by atoms with van der Waals surface area (Å²) in [5.74, 6) is -0.344. The fourth-order valence-electron chi connectivity index (χ4n) is 1.55. The lowest BCUT2D eigenvalue weighted by atomic mass is 10.3. The summed E-state index contributed by atoms with van der Waals surface area (Å²) in [4.78, 5) is 23.7. The molecule has 0 saturated heterocycles. The van der Waals surface area contributed by atoms with Crippen molar-refractivity contribution in [1.82, 2.24) is 0 Å². The molecule has 2 rings (SSSR count). The van der Waals surface area contributed by atoms with Crippen LogP contribution in [0, 0.1) is 0 Å². The highest BCUT2D eigenvalue weighted by Gasteiger charge is 2.14. The van der Waals surface area contributed by atoms with Crippen LogP contribution in [0.4, 0.5) is 11.4 Å². The summed E-state index contributed by atoms with van der Waals surface area (Å²) in [6.07, 6.45) is 0. The standard InChI is InChI=1S/C14H14N2O4S/c1-19-10-4-2-9(3-5-10)16-12(17)8-20-14(18)13-11(15)6-7-21-13/h2-7H,8,15H2,1H3,(H,16,17). The van der Waals surface area contributed by atoms with E-state index in [4.69, 9.17) is 15.2 Å². The Morgan fingerprint density at radius 2 is 1.95 bits per heavy atom. The summed E-state index contributed by atoms with van der Waals surface area (Å²) < 4.78 is 9.91. The first kappa shape index (κ1) is 14.9. The Bertz CT molecular complexity index is 637. The first-order valence-corrected chi connectivity index (χ1v) is 6.92. The van der Waals surface area contributed by atoms with Crippen molar-refractivity contribution in [3.8, 4) is 5.75 Å². The summed E-state index contributed by atoms with van der Waals surface area (Å²) >= 11 is 1.17. The second kappa shape index (κ2) is 6.76. The molecule has 110 valence electrons. The van der Waals surface area contributed by atoms with Gasteiger partial charge < -0.3 is 20.5 Å². The number of carbonyl (C=O) groups is 2. The second-order valence-corrected chi connectivity index (χ2v) is 4.97. The van der Waals surface area contributed by atoms with Crippen molar-refractivity contribution in [2.45, 2.75) is 0 Å². The number of nitrogens with one attached hydrogen (secondary N) is 1. The lowest BCUT2D eigenvalue weighted by molar-refractivity contribution is -0.119. The van der Waals surface area contributed by atoms with Crippen LogP contribution in [0.2, 0.25) is 0 Å². The van der Waals surface area contributed by atoms with Crippen LogP contribution < -0.4 is 15.8 Å². The maximum Gasteiger partial charge on any atom is 0.350 e. The van der Waals surface area contributed by atoms with Crippen LogP contribution in [0.3, 0.4) is 0 Å². The molecule has 7 heteroatoms. The number of anilines is 2. The number of rotatable bonds is 5. The predicted octanol–water partition coefficient (Wildman–Crippen LogP) is 2.13. The number of amides is 1. The first-order valence-electron chi connectivity index (χ1n) is 6.04. The van der Waals surface area contributed by atoms with E-state index >= 15 is 0 Å². The second-order valence-electron chi connectivity index (χ2n) is 4.06. The minimum absolute atomic E-state index is 0.298. The summed E-state index contributed by atoms with van der Waals surface area (Å²) in [7, 11) is 1.56. The van der Waals surface area contributed by atoms with Gasteiger partial charge in [0.2, 0.25) is 0 Å². The van der Waals surface area contributed by atoms with Crippen LogP contribution in [0.25, 0.3) is 0 Å². The van der Waals surface area contributed by atoms with Gasteiger partial charge in [-0.05, 0) is 35.7 Å². The fourth-order valence-corrected chi connectivity index (χ4v) is 2.26. The van der Waals surface area contributed by atoms with Gasteiger partial charge in [0.15, 0.2) is 6.61 Å². The van der Waals surface area contributed by atoms with E-state index in [2.05, 4.69) is 5.32 Å². The van der Waals surface area contributed by atoms with Gasteiger partial charge in [-0.2, -0.15) is 0 Å². The van der Waals surface area contributed by atoms with Crippen LogP contribution in [0.5, 0.6) is 5.75 Å². The zero-order valence-corrected chi connectivity index (χ0v) is 12.1. The van der Waals surface area contributed by atoms with Crippen LogP contribution in [-0.4, -0.2) is 25.6 Å². The molecule has 1 aromatic heterocycles. The molecule has 1 aromatic carbocycles. The normalized spacial score (nSPS) is 9.95. The summed E-state index contributed by atoms with van der Waals surface area (Å²) in [6, 6.07) is 8.42. The highest BCUT2D eigenvalue weighted by atomic mass is 32.1. The molecular weight excluding hydrogens is 292 g/mol. The third kappa shape index (κ3) is 3.96. The van der Waals surface area contributed by atoms with Crippen molar-refractivity contribution in [2.24, 2.45) is 0 Å². The largest absolute Gasteiger partial charge is 0.497 e. The summed E-state index contributed by atoms with van der Waals surface area (Å²) in [6.45, 7) is -0.373. The topological polar surface area (TPSA) is 90.6 Å². The molecule has 2 aromatic rings. The van der Waals surface area contributed by atoms with Gasteiger partial charge in [0.05, 0.1) is 12.8 Å². The molecule has 0 aliphatic rings. The number of thiophene rings is 1. The Labute approximate surface area is 125 Å². The molecule has 0 bridgehead atoms. The van der Waals surface area contributed by atoms with Crippen molar-refractivity contribution in [3.63, 3.8) is 0 Å². The molecule has 0 spiro atoms. The Hall–Kier alpha value is -2.54. The maximum atomic E-state index is 11.7. The van der Waals surface area contributed by atoms with Gasteiger partial charge in [-0.3, -0.25) is 4.79 Å². The molecule has 6 nitrogen and oxygen atoms in total. The van der Waals surface area contributed by atoms with Crippen LogP contribution in [-0.2, 0) is 9.53 Å². The number of hydrogen-bond donors (Lipinski definition) is 2. The predicted molar refractivity (Wildman–Crippen MR) is 80.6 cm³/mol. The smallest absolute Gasteiger partial charge is 0.350 e. The van der Waals surface area contributed by atoms with Gasteiger partial charge in [-0.1, -0.05) is 0 Å². The lowest BCUT2D eigenvalue weighted by Crippen LogP contribution is -2.20. The number of nitrogen functional groups attached to an aromatic ring is 1. The van der Waals surface area contributed by atoms with Crippen molar-refractivity contribution in [2.75, 3.05) is 24.8 Å². The minimum atomic E-state index is -0.604. The van der Waals surface area contributed by atoms with E-state index in [1.165, 1.54) is 11.3 Å². The molecular formula is C14H14N2O4S. The number of esters is 1. The summed E-state index contributed by atoms with van der Waals surface area (Å²) in [5.41, 5.74) is 6.53. The number of methoxy groups -OCH3 is 1. The molecule has 0 unspecified atom stereocenters. The van der Waals surface area contributed by atoms with Crippen molar-refractivity contribution < 1.29 is 19.1 Å². The Balaban J connectivity index is 1.84. The van der Waals surface area contributed by atoms with E-state index in [0.717, 1.165) is 0 Å². The highest BCUT2D eigenvalue weighted by molar-refractivity contribution is 7.12. The number of benzene rings is 1. The summed E-state index contributed by atoms with van der Waals surface area (Å²) in [5, 5.41) is 4.29. The molecule has 3 N–H and O–H groups in total. The van der Waals surface area contributed by atoms with Gasteiger partial charge in [-0.15, -0.1) is 11.3 Å². The quantitative estimate of drug-likeness (QED) is 0.826. The maximum absolute atomic E-state index is 11.7. The fraction of sp³-hybridized carbons (Fsp3) is 0.143. The molecule has 21 heavy (non-hydrogen) atoms. The van der Waals surface area contributed by atoms with E-state index in [-0.39, 0.29) is 6.61 Å². The van der Waals surface area contributed by atoms with Gasteiger partial charge in [0, 0.05) is 5.69 Å². The Morgan fingerprint density at radius 1 is 1.24 bits per heavy atom. The van der Waals surface area contributed by atoms with Crippen LogP contribution >= 0.6 is 11.3 Å². The molecule has 0 aliphatic heterocycles. The van der Waals surface area contributed by atoms with Gasteiger partial charge >= 0.3 is 5.97 Å². The van der Waals surface area contributed by atoms with E-state index < -0.39 is 11.9 Å². The van der Waals surface area contributed by atoms with E-state index in [0.29, 0.717) is 22.0 Å². The van der Waals surface area contributed by atoms with Crippen LogP contribution in [0.1, 0.15) is 9.67 Å². The average molecular weight is 306 g/mol. The van der Waals surface area contributed by atoms with E-state index in [1.807, 2.05) is 0 Å². The van der Waals surface area contributed by atoms with Crippen molar-refractivity contribution >= 4 is 34.6 Å². The van der Waals surface area contributed by atoms with Crippen molar-refractivity contribution in [3.05, 3.63) is 40.6 Å². The monoisotopic (exact) mass is 306 g/mol. The molecule has 0 saturated carbocycles. The number of ether oxygens (including phenoxy) is 2. The van der Waals surface area contributed by atoms with Gasteiger partial charge in [0.25, 0.3) is 5.91 Å². The number of hydrogen-bond acceptors (Lipinski definition) is 6. The highest BCUT2D eigenvalue weighted by Crippen LogP contribution is 2.19.